The standard InChI is InChI=1S/C26H30F4O.C24H26F4O/c1-3-5-15-7-9-16(10-8-15)14-31-20-13-19-12-18-11-17(6-4-2)23(27)25(29)21(18)22(19)26(30)24(20)28;1-3-4-15-9-16-10-17-11-18(29-12-14-7-5-13(2)6-8-14)22(26)24(28)20(17)19(16)23(27)21(15)25/h11,13,15-16H,3-10,12,14H2,1-2H3;9,11,13-14H,3-8,10,12H2,1-2H3. The first-order valence-corrected chi connectivity index (χ1v) is 22.1. The summed E-state index contributed by atoms with van der Waals surface area (Å²) in [5.41, 5.74) is 1.81. The molecule has 2 saturated carbocycles. The van der Waals surface area contributed by atoms with Crippen molar-refractivity contribution in [2.45, 2.75) is 130 Å². The van der Waals surface area contributed by atoms with Crippen molar-refractivity contribution in [3.8, 4) is 33.8 Å². The summed E-state index contributed by atoms with van der Waals surface area (Å²) in [4.78, 5) is 0. The summed E-state index contributed by atoms with van der Waals surface area (Å²) in [5.74, 6) is -6.80. The maximum Gasteiger partial charge on any atom is 0.201 e. The SMILES string of the molecule is CCCc1cc2c(c(F)c1F)-c1c(cc(OCC3CCC(C)CC3)c(F)c1F)C2.CCCc1cc2c(c(F)c1F)-c1c(cc(OCC3CCC(CCC)CC3)c(F)c1F)C2. The molecule has 2 fully saturated rings. The van der Waals surface area contributed by atoms with Gasteiger partial charge in [0.05, 0.1) is 13.2 Å². The molecule has 4 aliphatic rings. The van der Waals surface area contributed by atoms with Crippen LogP contribution in [0.3, 0.4) is 0 Å². The molecule has 4 aliphatic carbocycles. The van der Waals surface area contributed by atoms with Crippen LogP contribution in [0.4, 0.5) is 35.1 Å². The van der Waals surface area contributed by atoms with Gasteiger partial charge in [-0.3, -0.25) is 0 Å². The van der Waals surface area contributed by atoms with E-state index in [4.69, 9.17) is 9.47 Å². The molecule has 0 saturated heterocycles. The van der Waals surface area contributed by atoms with Gasteiger partial charge in [0.2, 0.25) is 11.6 Å². The lowest BCUT2D eigenvalue weighted by Gasteiger charge is -2.28. The van der Waals surface area contributed by atoms with Gasteiger partial charge in [-0.15, -0.1) is 0 Å². The Bertz CT molecular complexity index is 2200. The average molecular weight is 841 g/mol. The number of fused-ring (bicyclic) bond motifs is 6. The minimum atomic E-state index is -1.16. The summed E-state index contributed by atoms with van der Waals surface area (Å²) >= 11 is 0. The lowest BCUT2D eigenvalue weighted by Crippen LogP contribution is -2.20. The molecule has 2 nitrogen and oxygen atoms in total. The van der Waals surface area contributed by atoms with Crippen molar-refractivity contribution in [3.63, 3.8) is 0 Å². The number of hydrogen-bond acceptors (Lipinski definition) is 2. The molecule has 4 aromatic rings. The molecule has 0 heterocycles. The van der Waals surface area contributed by atoms with Crippen molar-refractivity contribution in [3.05, 3.63) is 104 Å². The zero-order valence-corrected chi connectivity index (χ0v) is 35.2. The maximum atomic E-state index is 15.0. The molecule has 0 atom stereocenters. The van der Waals surface area contributed by atoms with Gasteiger partial charge in [0.15, 0.2) is 46.4 Å². The van der Waals surface area contributed by atoms with Crippen molar-refractivity contribution in [1.82, 2.24) is 0 Å². The molecule has 10 heteroatoms. The number of aryl methyl sites for hydroxylation is 2. The summed E-state index contributed by atoms with van der Waals surface area (Å²) in [5, 5.41) is 0. The third kappa shape index (κ3) is 8.81. The second-order valence-corrected chi connectivity index (χ2v) is 17.7. The monoisotopic (exact) mass is 840 g/mol. The third-order valence-corrected chi connectivity index (χ3v) is 13.3. The van der Waals surface area contributed by atoms with Gasteiger partial charge in [0.25, 0.3) is 0 Å². The summed E-state index contributed by atoms with van der Waals surface area (Å²) < 4.78 is 129. The van der Waals surface area contributed by atoms with Gasteiger partial charge < -0.3 is 9.47 Å². The highest BCUT2D eigenvalue weighted by atomic mass is 19.2. The number of benzene rings is 4. The third-order valence-electron chi connectivity index (χ3n) is 13.3. The lowest BCUT2D eigenvalue weighted by molar-refractivity contribution is 0.173. The average Bonchev–Trinajstić information content (AvgIpc) is 3.80. The highest BCUT2D eigenvalue weighted by molar-refractivity contribution is 5.80. The predicted molar refractivity (Wildman–Crippen MR) is 219 cm³/mol. The van der Waals surface area contributed by atoms with Crippen LogP contribution in [0.2, 0.25) is 0 Å². The molecule has 0 N–H and O–H groups in total. The fraction of sp³-hybridized carbons (Fsp3) is 0.520. The van der Waals surface area contributed by atoms with Crippen LogP contribution in [0.15, 0.2) is 24.3 Å². The van der Waals surface area contributed by atoms with E-state index in [1.54, 1.807) is 12.1 Å². The summed E-state index contributed by atoms with van der Waals surface area (Å²) in [6.45, 7) is 8.88. The van der Waals surface area contributed by atoms with Crippen LogP contribution >= 0.6 is 0 Å². The van der Waals surface area contributed by atoms with Crippen LogP contribution < -0.4 is 9.47 Å². The van der Waals surface area contributed by atoms with Gasteiger partial charge in [-0.1, -0.05) is 91.2 Å². The van der Waals surface area contributed by atoms with Gasteiger partial charge in [0, 0.05) is 22.3 Å². The van der Waals surface area contributed by atoms with Crippen LogP contribution in [0.25, 0.3) is 22.3 Å². The molecule has 60 heavy (non-hydrogen) atoms. The molecule has 0 amide bonds. The smallest absolute Gasteiger partial charge is 0.201 e. The Labute approximate surface area is 349 Å². The molecule has 0 unspecified atom stereocenters. The minimum absolute atomic E-state index is 0.130. The quantitative estimate of drug-likeness (QED) is 0.114. The van der Waals surface area contributed by atoms with Gasteiger partial charge in [0.1, 0.15) is 0 Å². The van der Waals surface area contributed by atoms with Crippen LogP contribution in [-0.2, 0) is 25.7 Å². The van der Waals surface area contributed by atoms with Crippen molar-refractivity contribution >= 4 is 0 Å². The number of halogens is 8. The zero-order valence-electron chi connectivity index (χ0n) is 35.2. The van der Waals surface area contributed by atoms with E-state index in [0.717, 1.165) is 57.3 Å². The van der Waals surface area contributed by atoms with Crippen LogP contribution in [0.1, 0.15) is 138 Å². The Morgan fingerprint density at radius 1 is 0.433 bits per heavy atom. The first-order valence-electron chi connectivity index (χ1n) is 22.1. The number of rotatable bonds is 12. The van der Waals surface area contributed by atoms with E-state index in [1.807, 2.05) is 13.8 Å². The first kappa shape index (κ1) is 44.0. The van der Waals surface area contributed by atoms with Gasteiger partial charge in [-0.05, 0) is 121 Å². The van der Waals surface area contributed by atoms with Crippen molar-refractivity contribution in [2.24, 2.45) is 23.7 Å². The second-order valence-electron chi connectivity index (χ2n) is 17.7. The zero-order chi connectivity index (χ0) is 42.8. The number of ether oxygens (including phenoxy) is 2. The van der Waals surface area contributed by atoms with Gasteiger partial charge in [-0.25, -0.2) is 26.3 Å². The molecule has 0 aliphatic heterocycles. The molecular formula is C50H56F8O2. The highest BCUT2D eigenvalue weighted by Crippen LogP contribution is 2.47. The first-order chi connectivity index (χ1) is 28.8. The fourth-order valence-electron chi connectivity index (χ4n) is 9.95. The van der Waals surface area contributed by atoms with Crippen molar-refractivity contribution < 1.29 is 44.6 Å². The number of hydrogen-bond donors (Lipinski definition) is 0. The molecule has 0 radical (unpaired) electrons. The summed E-state index contributed by atoms with van der Waals surface area (Å²) in [6.07, 6.45) is 13.7. The van der Waals surface area contributed by atoms with E-state index in [-0.39, 0.29) is 57.7 Å². The molecule has 0 aromatic heterocycles. The van der Waals surface area contributed by atoms with E-state index >= 15 is 0 Å². The second kappa shape index (κ2) is 18.9. The van der Waals surface area contributed by atoms with E-state index < -0.39 is 46.5 Å². The highest BCUT2D eigenvalue weighted by Gasteiger charge is 2.34. The van der Waals surface area contributed by atoms with Crippen LogP contribution in [0.5, 0.6) is 11.5 Å². The lowest BCUT2D eigenvalue weighted by atomic mass is 9.80. The molecule has 324 valence electrons. The Morgan fingerprint density at radius 2 is 0.783 bits per heavy atom. The fourth-order valence-corrected chi connectivity index (χ4v) is 9.95. The van der Waals surface area contributed by atoms with Gasteiger partial charge in [-0.2, -0.15) is 8.78 Å². The minimum Gasteiger partial charge on any atom is -0.490 e. The van der Waals surface area contributed by atoms with E-state index in [0.29, 0.717) is 78.9 Å². The Balaban J connectivity index is 0.000000182. The predicted octanol–water partition coefficient (Wildman–Crippen LogP) is 14.7. The van der Waals surface area contributed by atoms with Crippen molar-refractivity contribution in [1.29, 1.82) is 0 Å². The topological polar surface area (TPSA) is 18.5 Å². The van der Waals surface area contributed by atoms with E-state index in [2.05, 4.69) is 13.8 Å². The largest absolute Gasteiger partial charge is 0.490 e. The van der Waals surface area contributed by atoms with Crippen LogP contribution in [0, 0.1) is 70.2 Å². The Kier molecular flexibility index (Phi) is 13.9. The molecule has 8 rings (SSSR count). The Morgan fingerprint density at radius 3 is 1.17 bits per heavy atom. The molecular weight excluding hydrogens is 785 g/mol. The van der Waals surface area contributed by atoms with E-state index in [9.17, 15) is 35.1 Å². The maximum absolute atomic E-state index is 15.0. The summed E-state index contributed by atoms with van der Waals surface area (Å²) in [7, 11) is 0. The molecule has 4 aromatic carbocycles. The van der Waals surface area contributed by atoms with Gasteiger partial charge >= 0.3 is 0 Å². The van der Waals surface area contributed by atoms with E-state index in [1.165, 1.54) is 25.0 Å². The molecule has 0 spiro atoms. The van der Waals surface area contributed by atoms with Crippen molar-refractivity contribution in [2.75, 3.05) is 13.2 Å². The Hall–Kier alpha value is -4.08. The normalized spacial score (nSPS) is 20.2. The summed E-state index contributed by atoms with van der Waals surface area (Å²) in [6, 6.07) is 6.09. The molecule has 0 bridgehead atoms. The van der Waals surface area contributed by atoms with Crippen LogP contribution in [-0.4, -0.2) is 13.2 Å².